The molecular formula is C9H16O3. The smallest absolute Gasteiger partial charge is 0.313 e. The molecule has 0 aliphatic rings. The van der Waals surface area contributed by atoms with Crippen molar-refractivity contribution in [3.63, 3.8) is 0 Å². The van der Waals surface area contributed by atoms with E-state index in [4.69, 9.17) is 0 Å². The Kier molecular flexibility index (Phi) is 5.34. The van der Waals surface area contributed by atoms with Crippen molar-refractivity contribution >= 4 is 11.8 Å². The number of carbonyl (C=O) groups excluding carboxylic acids is 2. The summed E-state index contributed by atoms with van der Waals surface area (Å²) in [5.41, 5.74) is 0. The van der Waals surface area contributed by atoms with Gasteiger partial charge in [0, 0.05) is 6.42 Å². The molecule has 12 heavy (non-hydrogen) atoms. The van der Waals surface area contributed by atoms with E-state index < -0.39 is 5.97 Å². The molecule has 0 spiro atoms. The summed E-state index contributed by atoms with van der Waals surface area (Å²) >= 11 is 0. The average molecular weight is 172 g/mol. The lowest BCUT2D eigenvalue weighted by molar-refractivity contribution is -0.143. The summed E-state index contributed by atoms with van der Waals surface area (Å²) in [5, 5.41) is 0. The Balaban J connectivity index is 3.66. The molecule has 0 rings (SSSR count). The highest BCUT2D eigenvalue weighted by Crippen LogP contribution is 2.08. The second-order valence-electron chi connectivity index (χ2n) is 3.01. The van der Waals surface area contributed by atoms with Crippen LogP contribution in [-0.4, -0.2) is 18.9 Å². The van der Waals surface area contributed by atoms with E-state index in [1.54, 1.807) is 0 Å². The topological polar surface area (TPSA) is 43.4 Å². The molecule has 0 amide bonds. The van der Waals surface area contributed by atoms with Gasteiger partial charge in [-0.3, -0.25) is 9.59 Å². The van der Waals surface area contributed by atoms with E-state index in [2.05, 4.69) is 4.74 Å². The van der Waals surface area contributed by atoms with Crippen LogP contribution in [0.5, 0.6) is 0 Å². The number of ether oxygens (including phenoxy) is 1. The lowest BCUT2D eigenvalue weighted by Gasteiger charge is -2.05. The molecule has 0 aromatic heterocycles. The Morgan fingerprint density at radius 2 is 2.00 bits per heavy atom. The van der Waals surface area contributed by atoms with E-state index in [0.717, 1.165) is 6.42 Å². The summed E-state index contributed by atoms with van der Waals surface area (Å²) in [6.45, 7) is 4.02. The summed E-state index contributed by atoms with van der Waals surface area (Å²) in [7, 11) is 1.29. The van der Waals surface area contributed by atoms with Crippen LogP contribution >= 0.6 is 0 Å². The van der Waals surface area contributed by atoms with Gasteiger partial charge in [-0.25, -0.2) is 0 Å². The summed E-state index contributed by atoms with van der Waals surface area (Å²) in [4.78, 5) is 21.7. The largest absolute Gasteiger partial charge is 0.469 e. The van der Waals surface area contributed by atoms with Crippen molar-refractivity contribution in [3.05, 3.63) is 0 Å². The molecule has 70 valence electrons. The molecule has 0 N–H and O–H groups in total. The fraction of sp³-hybridized carbons (Fsp3) is 0.778. The molecule has 3 nitrogen and oxygen atoms in total. The summed E-state index contributed by atoms with van der Waals surface area (Å²) in [6.07, 6.45) is 1.36. The number of hydrogen-bond acceptors (Lipinski definition) is 3. The van der Waals surface area contributed by atoms with E-state index in [1.165, 1.54) is 7.11 Å². The Labute approximate surface area is 73.1 Å². The van der Waals surface area contributed by atoms with Gasteiger partial charge in [0.25, 0.3) is 0 Å². The van der Waals surface area contributed by atoms with Crippen molar-refractivity contribution in [3.8, 4) is 0 Å². The van der Waals surface area contributed by atoms with Gasteiger partial charge in [0.1, 0.15) is 12.2 Å². The first kappa shape index (κ1) is 11.1. The summed E-state index contributed by atoms with van der Waals surface area (Å²) in [6, 6.07) is 0. The fourth-order valence-electron chi connectivity index (χ4n) is 0.838. The zero-order valence-corrected chi connectivity index (χ0v) is 7.92. The molecule has 0 aliphatic carbocycles. The predicted octanol–water partition coefficient (Wildman–Crippen LogP) is 1.55. The van der Waals surface area contributed by atoms with E-state index in [1.807, 2.05) is 13.8 Å². The van der Waals surface area contributed by atoms with E-state index in [9.17, 15) is 9.59 Å². The predicted molar refractivity (Wildman–Crippen MR) is 45.7 cm³/mol. The number of methoxy groups -OCH3 is 1. The molecule has 0 saturated heterocycles. The zero-order valence-electron chi connectivity index (χ0n) is 7.92. The van der Waals surface area contributed by atoms with Gasteiger partial charge in [0.05, 0.1) is 7.11 Å². The normalized spacial score (nSPS) is 12.2. The molecule has 0 unspecified atom stereocenters. The molecule has 0 aromatic carbocycles. The number of rotatable bonds is 5. The van der Waals surface area contributed by atoms with Crippen molar-refractivity contribution in [2.24, 2.45) is 5.92 Å². The number of ketones is 1. The van der Waals surface area contributed by atoms with Gasteiger partial charge >= 0.3 is 5.97 Å². The maximum Gasteiger partial charge on any atom is 0.313 e. The first-order valence-corrected chi connectivity index (χ1v) is 4.18. The highest BCUT2D eigenvalue weighted by Gasteiger charge is 2.11. The van der Waals surface area contributed by atoms with Crippen LogP contribution < -0.4 is 0 Å². The van der Waals surface area contributed by atoms with Gasteiger partial charge < -0.3 is 4.74 Å². The third kappa shape index (κ3) is 4.88. The quantitative estimate of drug-likeness (QED) is 0.467. The molecule has 1 atom stereocenters. The van der Waals surface area contributed by atoms with Crippen LogP contribution in [-0.2, 0) is 14.3 Å². The monoisotopic (exact) mass is 172 g/mol. The van der Waals surface area contributed by atoms with E-state index >= 15 is 0 Å². The maximum atomic E-state index is 11.1. The lowest BCUT2D eigenvalue weighted by atomic mass is 10.0. The number of esters is 1. The van der Waals surface area contributed by atoms with Crippen molar-refractivity contribution < 1.29 is 14.3 Å². The standard InChI is InChI=1S/C9H16O3/c1-4-7(2)5-8(10)6-9(11)12-3/h7H,4-6H2,1-3H3/t7-/m1/s1. The third-order valence-corrected chi connectivity index (χ3v) is 1.84. The summed E-state index contributed by atoms with van der Waals surface area (Å²) in [5.74, 6) is -0.110. The van der Waals surface area contributed by atoms with Gasteiger partial charge in [-0.05, 0) is 5.92 Å². The van der Waals surface area contributed by atoms with Gasteiger partial charge in [0.2, 0.25) is 0 Å². The Hall–Kier alpha value is -0.860. The molecule has 0 saturated carbocycles. The Morgan fingerprint density at radius 3 is 2.42 bits per heavy atom. The molecule has 3 heteroatoms. The minimum absolute atomic E-state index is 0.0313. The van der Waals surface area contributed by atoms with Crippen LogP contribution in [0.15, 0.2) is 0 Å². The van der Waals surface area contributed by atoms with Crippen molar-refractivity contribution in [2.75, 3.05) is 7.11 Å². The van der Waals surface area contributed by atoms with E-state index in [-0.39, 0.29) is 12.2 Å². The first-order valence-electron chi connectivity index (χ1n) is 4.18. The second kappa shape index (κ2) is 5.75. The molecule has 0 radical (unpaired) electrons. The third-order valence-electron chi connectivity index (χ3n) is 1.84. The van der Waals surface area contributed by atoms with Crippen LogP contribution in [0.3, 0.4) is 0 Å². The maximum absolute atomic E-state index is 11.1. The molecule has 0 fully saturated rings. The highest BCUT2D eigenvalue weighted by atomic mass is 16.5. The molecule has 0 aromatic rings. The number of hydrogen-bond donors (Lipinski definition) is 0. The van der Waals surface area contributed by atoms with Gasteiger partial charge in [0.15, 0.2) is 0 Å². The van der Waals surface area contributed by atoms with Gasteiger partial charge in [-0.15, -0.1) is 0 Å². The fourth-order valence-corrected chi connectivity index (χ4v) is 0.838. The Morgan fingerprint density at radius 1 is 1.42 bits per heavy atom. The molecule has 0 aliphatic heterocycles. The van der Waals surface area contributed by atoms with Crippen molar-refractivity contribution in [1.82, 2.24) is 0 Å². The minimum atomic E-state index is -0.441. The van der Waals surface area contributed by atoms with Crippen molar-refractivity contribution in [1.29, 1.82) is 0 Å². The van der Waals surface area contributed by atoms with Gasteiger partial charge in [-0.1, -0.05) is 20.3 Å². The zero-order chi connectivity index (χ0) is 9.56. The van der Waals surface area contributed by atoms with Gasteiger partial charge in [-0.2, -0.15) is 0 Å². The Bertz CT molecular complexity index is 163. The highest BCUT2D eigenvalue weighted by molar-refractivity contribution is 5.95. The molecule has 0 heterocycles. The summed E-state index contributed by atoms with van der Waals surface area (Å²) < 4.78 is 4.38. The van der Waals surface area contributed by atoms with Crippen LogP contribution in [0.4, 0.5) is 0 Å². The second-order valence-corrected chi connectivity index (χ2v) is 3.01. The minimum Gasteiger partial charge on any atom is -0.469 e. The van der Waals surface area contributed by atoms with E-state index in [0.29, 0.717) is 12.3 Å². The lowest BCUT2D eigenvalue weighted by Crippen LogP contribution is -2.11. The number of carbonyl (C=O) groups is 2. The van der Waals surface area contributed by atoms with Crippen LogP contribution in [0.2, 0.25) is 0 Å². The first-order chi connectivity index (χ1) is 5.60. The average Bonchev–Trinajstić information content (AvgIpc) is 2.03. The van der Waals surface area contributed by atoms with Crippen molar-refractivity contribution in [2.45, 2.75) is 33.1 Å². The van der Waals surface area contributed by atoms with Crippen LogP contribution in [0, 0.1) is 5.92 Å². The van der Waals surface area contributed by atoms with Crippen LogP contribution in [0.1, 0.15) is 33.1 Å². The molecule has 0 bridgehead atoms. The number of Topliss-reactive ketones (excluding diaryl/α,β-unsaturated/α-hetero) is 1. The molecular weight excluding hydrogens is 156 g/mol. The SMILES string of the molecule is CC[C@@H](C)CC(=O)CC(=O)OC. The van der Waals surface area contributed by atoms with Crippen LogP contribution in [0.25, 0.3) is 0 Å².